The highest BCUT2D eigenvalue weighted by molar-refractivity contribution is 5.80. The molecule has 1 aliphatic rings. The van der Waals surface area contributed by atoms with E-state index in [9.17, 15) is 0 Å². The third kappa shape index (κ3) is 3.64. The van der Waals surface area contributed by atoms with E-state index in [1.165, 1.54) is 11.1 Å². The van der Waals surface area contributed by atoms with Gasteiger partial charge in [0.15, 0.2) is 17.4 Å². The standard InChI is InChI=1S/C20H24N6O/c1-15-7-3-4-8-16(15)17-14-25(11-12-27-17)20(21-2)22-13-19-24-23-18-9-5-6-10-26(18)19/h3-10,17H,11-14H2,1-2H3,(H,21,22). The number of pyridine rings is 1. The van der Waals surface area contributed by atoms with Crippen molar-refractivity contribution < 1.29 is 4.74 Å². The van der Waals surface area contributed by atoms with E-state index in [4.69, 9.17) is 4.74 Å². The molecule has 7 nitrogen and oxygen atoms in total. The molecule has 0 radical (unpaired) electrons. The fraction of sp³-hybridized carbons (Fsp3) is 0.350. The maximum Gasteiger partial charge on any atom is 0.194 e. The number of hydrogen-bond acceptors (Lipinski definition) is 4. The van der Waals surface area contributed by atoms with Gasteiger partial charge < -0.3 is 15.0 Å². The molecule has 7 heteroatoms. The van der Waals surface area contributed by atoms with E-state index >= 15 is 0 Å². The van der Waals surface area contributed by atoms with Gasteiger partial charge in [-0.3, -0.25) is 9.39 Å². The Morgan fingerprint density at radius 2 is 2.07 bits per heavy atom. The van der Waals surface area contributed by atoms with Gasteiger partial charge in [-0.05, 0) is 30.2 Å². The summed E-state index contributed by atoms with van der Waals surface area (Å²) < 4.78 is 8.01. The first-order valence-electron chi connectivity index (χ1n) is 9.17. The molecule has 0 bridgehead atoms. The lowest BCUT2D eigenvalue weighted by molar-refractivity contribution is -0.00835. The summed E-state index contributed by atoms with van der Waals surface area (Å²) in [6.07, 6.45) is 2.02. The largest absolute Gasteiger partial charge is 0.370 e. The number of nitrogens with zero attached hydrogens (tertiary/aromatic N) is 5. The Morgan fingerprint density at radius 1 is 1.22 bits per heavy atom. The highest BCUT2D eigenvalue weighted by atomic mass is 16.5. The molecule has 4 rings (SSSR count). The minimum atomic E-state index is 0.0485. The van der Waals surface area contributed by atoms with E-state index < -0.39 is 0 Å². The fourth-order valence-corrected chi connectivity index (χ4v) is 3.48. The molecule has 1 saturated heterocycles. The van der Waals surface area contributed by atoms with Crippen LogP contribution in [0.25, 0.3) is 5.65 Å². The molecule has 27 heavy (non-hydrogen) atoms. The van der Waals surface area contributed by atoms with Crippen molar-refractivity contribution in [1.29, 1.82) is 0 Å². The van der Waals surface area contributed by atoms with Crippen molar-refractivity contribution in [3.63, 3.8) is 0 Å². The highest BCUT2D eigenvalue weighted by Gasteiger charge is 2.25. The summed E-state index contributed by atoms with van der Waals surface area (Å²) in [6.45, 7) is 4.94. The van der Waals surface area contributed by atoms with E-state index in [2.05, 4.69) is 56.6 Å². The predicted octanol–water partition coefficient (Wildman–Crippen LogP) is 2.19. The van der Waals surface area contributed by atoms with Crippen LogP contribution in [-0.4, -0.2) is 52.2 Å². The van der Waals surface area contributed by atoms with Gasteiger partial charge in [0.2, 0.25) is 0 Å². The third-order valence-electron chi connectivity index (χ3n) is 4.90. The third-order valence-corrected chi connectivity index (χ3v) is 4.90. The van der Waals surface area contributed by atoms with Crippen LogP contribution in [0, 0.1) is 6.92 Å². The first-order valence-corrected chi connectivity index (χ1v) is 9.17. The fourth-order valence-electron chi connectivity index (χ4n) is 3.48. The SMILES string of the molecule is CN=C(NCc1nnc2ccccn12)N1CCOC(c2ccccc2C)C1. The first kappa shape index (κ1) is 17.5. The summed E-state index contributed by atoms with van der Waals surface area (Å²) in [5.41, 5.74) is 3.33. The molecule has 2 aromatic heterocycles. The number of rotatable bonds is 3. The monoisotopic (exact) mass is 364 g/mol. The van der Waals surface area contributed by atoms with Gasteiger partial charge >= 0.3 is 0 Å². The second-order valence-corrected chi connectivity index (χ2v) is 6.61. The number of benzene rings is 1. The highest BCUT2D eigenvalue weighted by Crippen LogP contribution is 2.25. The summed E-state index contributed by atoms with van der Waals surface area (Å²) in [6, 6.07) is 14.3. The zero-order valence-electron chi connectivity index (χ0n) is 15.7. The molecule has 140 valence electrons. The van der Waals surface area contributed by atoms with Crippen molar-refractivity contribution in [2.75, 3.05) is 26.7 Å². The number of fused-ring (bicyclic) bond motifs is 1. The average Bonchev–Trinajstić information content (AvgIpc) is 3.12. The van der Waals surface area contributed by atoms with Crippen molar-refractivity contribution >= 4 is 11.6 Å². The zero-order valence-corrected chi connectivity index (χ0v) is 15.7. The molecule has 1 fully saturated rings. The number of nitrogens with one attached hydrogen (secondary N) is 1. The van der Waals surface area contributed by atoms with E-state index in [1.807, 2.05) is 35.8 Å². The van der Waals surface area contributed by atoms with E-state index in [-0.39, 0.29) is 6.10 Å². The van der Waals surface area contributed by atoms with Gasteiger partial charge in [-0.2, -0.15) is 0 Å². The molecule has 0 amide bonds. The second-order valence-electron chi connectivity index (χ2n) is 6.61. The Hall–Kier alpha value is -2.93. The Labute approximate surface area is 158 Å². The lowest BCUT2D eigenvalue weighted by atomic mass is 10.0. The summed E-state index contributed by atoms with van der Waals surface area (Å²) in [5.74, 6) is 1.71. The number of morpholine rings is 1. The van der Waals surface area contributed by atoms with Crippen LogP contribution in [0.3, 0.4) is 0 Å². The minimum Gasteiger partial charge on any atom is -0.370 e. The molecule has 0 spiro atoms. The van der Waals surface area contributed by atoms with Gasteiger partial charge in [-0.15, -0.1) is 10.2 Å². The molecule has 1 atom stereocenters. The normalized spacial score (nSPS) is 18.1. The van der Waals surface area contributed by atoms with Crippen LogP contribution in [0.1, 0.15) is 23.1 Å². The number of guanidine groups is 1. The van der Waals surface area contributed by atoms with Crippen LogP contribution < -0.4 is 5.32 Å². The number of aromatic nitrogens is 3. The summed E-state index contributed by atoms with van der Waals surface area (Å²) in [5, 5.41) is 11.9. The molecule has 1 N–H and O–H groups in total. The van der Waals surface area contributed by atoms with E-state index in [0.29, 0.717) is 13.2 Å². The summed E-state index contributed by atoms with van der Waals surface area (Å²) >= 11 is 0. The van der Waals surface area contributed by atoms with Gasteiger partial charge in [0.1, 0.15) is 6.10 Å². The van der Waals surface area contributed by atoms with Crippen molar-refractivity contribution in [1.82, 2.24) is 24.8 Å². The Morgan fingerprint density at radius 3 is 2.93 bits per heavy atom. The molecule has 0 aliphatic carbocycles. The minimum absolute atomic E-state index is 0.0485. The predicted molar refractivity (Wildman–Crippen MR) is 105 cm³/mol. The lowest BCUT2D eigenvalue weighted by Gasteiger charge is -2.35. The summed E-state index contributed by atoms with van der Waals surface area (Å²) in [4.78, 5) is 6.70. The van der Waals surface area contributed by atoms with Crippen LogP contribution in [0.15, 0.2) is 53.7 Å². The van der Waals surface area contributed by atoms with Crippen molar-refractivity contribution in [3.05, 3.63) is 65.6 Å². The maximum absolute atomic E-state index is 6.03. The molecule has 3 heterocycles. The molecular formula is C20H24N6O. The Balaban J connectivity index is 1.45. The van der Waals surface area contributed by atoms with Crippen molar-refractivity contribution in [2.24, 2.45) is 4.99 Å². The maximum atomic E-state index is 6.03. The van der Waals surface area contributed by atoms with E-state index in [0.717, 1.165) is 30.5 Å². The topological polar surface area (TPSA) is 67.0 Å². The number of ether oxygens (including phenoxy) is 1. The zero-order chi connectivity index (χ0) is 18.6. The first-order chi connectivity index (χ1) is 13.3. The number of hydrogen-bond donors (Lipinski definition) is 1. The van der Waals surface area contributed by atoms with Crippen LogP contribution in [0.4, 0.5) is 0 Å². The quantitative estimate of drug-likeness (QED) is 0.570. The Kier molecular flexibility index (Phi) is 5.02. The van der Waals surface area contributed by atoms with Crippen LogP contribution >= 0.6 is 0 Å². The molecular weight excluding hydrogens is 340 g/mol. The molecule has 1 unspecified atom stereocenters. The lowest BCUT2D eigenvalue weighted by Crippen LogP contribution is -2.48. The van der Waals surface area contributed by atoms with Gasteiger partial charge in [-0.1, -0.05) is 30.3 Å². The van der Waals surface area contributed by atoms with Gasteiger partial charge in [-0.25, -0.2) is 0 Å². The number of aryl methyl sites for hydroxylation is 1. The average molecular weight is 364 g/mol. The van der Waals surface area contributed by atoms with Gasteiger partial charge in [0.25, 0.3) is 0 Å². The molecule has 1 aromatic carbocycles. The molecule has 1 aliphatic heterocycles. The van der Waals surface area contributed by atoms with Crippen molar-refractivity contribution in [2.45, 2.75) is 19.6 Å². The molecule has 0 saturated carbocycles. The van der Waals surface area contributed by atoms with Crippen LogP contribution in [0.5, 0.6) is 0 Å². The van der Waals surface area contributed by atoms with Gasteiger partial charge in [0, 0.05) is 19.8 Å². The smallest absolute Gasteiger partial charge is 0.194 e. The van der Waals surface area contributed by atoms with Crippen molar-refractivity contribution in [3.8, 4) is 0 Å². The number of aliphatic imine (C=N–C) groups is 1. The summed E-state index contributed by atoms with van der Waals surface area (Å²) in [7, 11) is 1.81. The van der Waals surface area contributed by atoms with Crippen LogP contribution in [-0.2, 0) is 11.3 Å². The Bertz CT molecular complexity index is 950. The van der Waals surface area contributed by atoms with E-state index in [1.54, 1.807) is 0 Å². The second kappa shape index (κ2) is 7.75. The van der Waals surface area contributed by atoms with Crippen LogP contribution in [0.2, 0.25) is 0 Å². The molecule has 3 aromatic rings. The van der Waals surface area contributed by atoms with Gasteiger partial charge in [0.05, 0.1) is 19.7 Å².